The van der Waals surface area contributed by atoms with Crippen LogP contribution in [0.25, 0.3) is 0 Å². The highest BCUT2D eigenvalue weighted by molar-refractivity contribution is 5.82. The van der Waals surface area contributed by atoms with Crippen LogP contribution in [-0.2, 0) is 9.53 Å². The molecule has 0 bridgehead atoms. The number of aliphatic hydroxyl groups is 2. The first-order valence-corrected chi connectivity index (χ1v) is 10.4. The molecule has 2 N–H and O–H groups in total. The average molecular weight is 379 g/mol. The number of allylic oxidation sites excluding steroid dienone is 2. The predicted octanol–water partition coefficient (Wildman–Crippen LogP) is 4.41. The third kappa shape index (κ3) is 5.03. The molecule has 0 spiro atoms. The van der Waals surface area contributed by atoms with E-state index in [1.165, 1.54) is 37.3 Å². The van der Waals surface area contributed by atoms with E-state index in [1.807, 2.05) is 6.92 Å². The second-order valence-electron chi connectivity index (χ2n) is 9.60. The number of rotatable bonds is 7. The van der Waals surface area contributed by atoms with E-state index < -0.39 is 12.1 Å². The minimum atomic E-state index is -0.844. The molecule has 0 heterocycles. The molecule has 0 saturated heterocycles. The van der Waals surface area contributed by atoms with Crippen molar-refractivity contribution < 1.29 is 19.7 Å². The number of hydrogen-bond donors (Lipinski definition) is 2. The SMILES string of the molecule is C=C1CC[C@H]2C(C)(C)CCC[C@]2(C)[C@@H]1CC/C(C)=C/C(=O)OC(CO)CO. The first-order chi connectivity index (χ1) is 12.6. The van der Waals surface area contributed by atoms with Gasteiger partial charge >= 0.3 is 5.97 Å². The number of carbonyl (C=O) groups excluding carboxylic acids is 1. The van der Waals surface area contributed by atoms with Crippen LogP contribution in [0.1, 0.15) is 72.6 Å². The van der Waals surface area contributed by atoms with E-state index in [2.05, 4.69) is 27.4 Å². The molecule has 27 heavy (non-hydrogen) atoms. The molecule has 2 fully saturated rings. The molecule has 3 atom stereocenters. The molecular weight excluding hydrogens is 340 g/mol. The highest BCUT2D eigenvalue weighted by atomic mass is 16.6. The molecule has 0 aromatic carbocycles. The van der Waals surface area contributed by atoms with Gasteiger partial charge in [0.05, 0.1) is 13.2 Å². The summed E-state index contributed by atoms with van der Waals surface area (Å²) in [6.45, 7) is 13.0. The van der Waals surface area contributed by atoms with Crippen molar-refractivity contribution in [3.05, 3.63) is 23.8 Å². The van der Waals surface area contributed by atoms with Gasteiger partial charge in [0.2, 0.25) is 0 Å². The van der Waals surface area contributed by atoms with Crippen molar-refractivity contribution in [1.29, 1.82) is 0 Å². The van der Waals surface area contributed by atoms with E-state index >= 15 is 0 Å². The summed E-state index contributed by atoms with van der Waals surface area (Å²) in [6, 6.07) is 0. The summed E-state index contributed by atoms with van der Waals surface area (Å²) in [7, 11) is 0. The summed E-state index contributed by atoms with van der Waals surface area (Å²) < 4.78 is 5.03. The van der Waals surface area contributed by atoms with Gasteiger partial charge in [0.1, 0.15) is 6.10 Å². The lowest BCUT2D eigenvalue weighted by Crippen LogP contribution is -2.49. The second kappa shape index (κ2) is 8.91. The first-order valence-electron chi connectivity index (χ1n) is 10.4. The Balaban J connectivity index is 2.03. The predicted molar refractivity (Wildman–Crippen MR) is 108 cm³/mol. The third-order valence-corrected chi connectivity index (χ3v) is 7.20. The van der Waals surface area contributed by atoms with Crippen molar-refractivity contribution in [3.8, 4) is 0 Å². The quantitative estimate of drug-likeness (QED) is 0.391. The van der Waals surface area contributed by atoms with Gasteiger partial charge in [0, 0.05) is 6.08 Å². The van der Waals surface area contributed by atoms with E-state index in [4.69, 9.17) is 14.9 Å². The summed E-state index contributed by atoms with van der Waals surface area (Å²) >= 11 is 0. The molecule has 154 valence electrons. The lowest BCUT2D eigenvalue weighted by atomic mass is 9.47. The lowest BCUT2D eigenvalue weighted by Gasteiger charge is -2.58. The maximum atomic E-state index is 11.9. The zero-order chi connectivity index (χ0) is 20.2. The fourth-order valence-electron chi connectivity index (χ4n) is 5.78. The van der Waals surface area contributed by atoms with Crippen molar-refractivity contribution in [3.63, 3.8) is 0 Å². The summed E-state index contributed by atoms with van der Waals surface area (Å²) in [6.07, 6.45) is 8.74. The third-order valence-electron chi connectivity index (χ3n) is 7.20. The smallest absolute Gasteiger partial charge is 0.331 e. The largest absolute Gasteiger partial charge is 0.454 e. The van der Waals surface area contributed by atoms with Crippen LogP contribution in [0.4, 0.5) is 0 Å². The molecule has 4 heteroatoms. The van der Waals surface area contributed by atoms with Crippen LogP contribution in [-0.4, -0.2) is 35.5 Å². The molecular formula is C23H38O4. The van der Waals surface area contributed by atoms with E-state index in [-0.39, 0.29) is 13.2 Å². The summed E-state index contributed by atoms with van der Waals surface area (Å²) in [5, 5.41) is 18.0. The van der Waals surface area contributed by atoms with Crippen LogP contribution in [0.15, 0.2) is 23.8 Å². The van der Waals surface area contributed by atoms with Crippen LogP contribution >= 0.6 is 0 Å². The summed E-state index contributed by atoms with van der Waals surface area (Å²) in [5.41, 5.74) is 3.05. The number of carbonyl (C=O) groups is 1. The van der Waals surface area contributed by atoms with Crippen LogP contribution in [0, 0.1) is 22.7 Å². The van der Waals surface area contributed by atoms with Gasteiger partial charge in [0.25, 0.3) is 0 Å². The Labute approximate surface area is 164 Å². The van der Waals surface area contributed by atoms with E-state index in [1.54, 1.807) is 0 Å². The molecule has 2 saturated carbocycles. The number of ether oxygens (including phenoxy) is 1. The van der Waals surface area contributed by atoms with E-state index in [9.17, 15) is 4.79 Å². The second-order valence-corrected chi connectivity index (χ2v) is 9.60. The van der Waals surface area contributed by atoms with Gasteiger partial charge in [-0.2, -0.15) is 0 Å². The van der Waals surface area contributed by atoms with Gasteiger partial charge in [-0.25, -0.2) is 4.79 Å². The van der Waals surface area contributed by atoms with Gasteiger partial charge in [-0.05, 0) is 68.1 Å². The normalized spacial score (nSPS) is 30.9. The van der Waals surface area contributed by atoms with Crippen LogP contribution in [0.2, 0.25) is 0 Å². The number of aliphatic hydroxyl groups excluding tert-OH is 2. The minimum absolute atomic E-state index is 0.302. The maximum Gasteiger partial charge on any atom is 0.331 e. The van der Waals surface area contributed by atoms with Crippen LogP contribution in [0.5, 0.6) is 0 Å². The number of esters is 1. The Morgan fingerprint density at radius 2 is 1.96 bits per heavy atom. The van der Waals surface area contributed by atoms with E-state index in [0.717, 1.165) is 30.8 Å². The Morgan fingerprint density at radius 1 is 1.30 bits per heavy atom. The molecule has 2 aliphatic rings. The lowest BCUT2D eigenvalue weighted by molar-refractivity contribution is -0.147. The Hall–Kier alpha value is -1.13. The van der Waals surface area contributed by atoms with Gasteiger partial charge in [-0.3, -0.25) is 0 Å². The van der Waals surface area contributed by atoms with Crippen molar-refractivity contribution >= 4 is 5.97 Å². The van der Waals surface area contributed by atoms with Gasteiger partial charge in [0.15, 0.2) is 0 Å². The number of fused-ring (bicyclic) bond motifs is 1. The molecule has 0 aromatic heterocycles. The van der Waals surface area contributed by atoms with E-state index in [0.29, 0.717) is 16.7 Å². The Bertz CT molecular complexity index is 573. The first kappa shape index (κ1) is 22.2. The molecule has 0 radical (unpaired) electrons. The maximum absolute atomic E-state index is 11.9. The fourth-order valence-corrected chi connectivity index (χ4v) is 5.78. The zero-order valence-corrected chi connectivity index (χ0v) is 17.6. The molecule has 0 unspecified atom stereocenters. The molecule has 0 aromatic rings. The van der Waals surface area contributed by atoms with Gasteiger partial charge in [-0.15, -0.1) is 0 Å². The van der Waals surface area contributed by atoms with Gasteiger partial charge in [-0.1, -0.05) is 44.9 Å². The summed E-state index contributed by atoms with van der Waals surface area (Å²) in [5.74, 6) is 0.738. The minimum Gasteiger partial charge on any atom is -0.454 e. The molecule has 0 aliphatic heterocycles. The topological polar surface area (TPSA) is 66.8 Å². The molecule has 0 amide bonds. The van der Waals surface area contributed by atoms with Crippen molar-refractivity contribution in [2.24, 2.45) is 22.7 Å². The Kier molecular flexibility index (Phi) is 7.32. The fraction of sp³-hybridized carbons (Fsp3) is 0.783. The van der Waals surface area contributed by atoms with Crippen LogP contribution < -0.4 is 0 Å². The molecule has 2 rings (SSSR count). The summed E-state index contributed by atoms with van der Waals surface area (Å²) in [4.78, 5) is 11.9. The van der Waals surface area contributed by atoms with Crippen molar-refractivity contribution in [2.75, 3.05) is 13.2 Å². The average Bonchev–Trinajstić information content (AvgIpc) is 2.58. The Morgan fingerprint density at radius 3 is 2.59 bits per heavy atom. The standard InChI is InChI=1S/C23H38O4/c1-16(13-21(26)27-18(14-24)15-25)7-9-19-17(2)8-10-20-22(3,4)11-6-12-23(19,20)5/h13,18-20,24-25H,2,6-12,14-15H2,1,3-5H3/b16-13+/t19-,20+,23-/m1/s1. The van der Waals surface area contributed by atoms with Crippen molar-refractivity contribution in [1.82, 2.24) is 0 Å². The highest BCUT2D eigenvalue weighted by Crippen LogP contribution is 2.61. The zero-order valence-electron chi connectivity index (χ0n) is 17.6. The highest BCUT2D eigenvalue weighted by Gasteiger charge is 2.52. The molecule has 2 aliphatic carbocycles. The van der Waals surface area contributed by atoms with Gasteiger partial charge < -0.3 is 14.9 Å². The molecule has 4 nitrogen and oxygen atoms in total. The van der Waals surface area contributed by atoms with Crippen molar-refractivity contribution in [2.45, 2.75) is 78.7 Å². The van der Waals surface area contributed by atoms with Crippen LogP contribution in [0.3, 0.4) is 0 Å². The number of hydrogen-bond acceptors (Lipinski definition) is 4. The monoisotopic (exact) mass is 378 g/mol.